The van der Waals surface area contributed by atoms with Gasteiger partial charge in [-0.1, -0.05) is 59.6 Å². The van der Waals surface area contributed by atoms with Crippen molar-refractivity contribution in [3.05, 3.63) is 94.0 Å². The molecule has 7 heteroatoms. The summed E-state index contributed by atoms with van der Waals surface area (Å²) in [4.78, 5) is 24.7. The molecule has 3 rings (SSSR count). The van der Waals surface area contributed by atoms with Gasteiger partial charge in [-0.25, -0.2) is 9.59 Å². The van der Waals surface area contributed by atoms with Gasteiger partial charge in [0.25, 0.3) is 0 Å². The van der Waals surface area contributed by atoms with E-state index in [9.17, 15) is 9.59 Å². The summed E-state index contributed by atoms with van der Waals surface area (Å²) in [6.45, 7) is 1.79. The van der Waals surface area contributed by atoms with Crippen molar-refractivity contribution in [2.75, 3.05) is 6.61 Å². The summed E-state index contributed by atoms with van der Waals surface area (Å²) >= 11 is 11.9. The third-order valence-electron chi connectivity index (χ3n) is 4.28. The van der Waals surface area contributed by atoms with Crippen molar-refractivity contribution in [2.45, 2.75) is 19.4 Å². The first-order valence-electron chi connectivity index (χ1n) is 9.57. The third-order valence-corrected chi connectivity index (χ3v) is 4.81. The van der Waals surface area contributed by atoms with Crippen LogP contribution < -0.4 is 9.47 Å². The quantitative estimate of drug-likeness (QED) is 0.316. The smallest absolute Gasteiger partial charge is 0.352 e. The topological polar surface area (TPSA) is 61.8 Å². The van der Waals surface area contributed by atoms with Crippen molar-refractivity contribution in [3.63, 3.8) is 0 Å². The van der Waals surface area contributed by atoms with Crippen molar-refractivity contribution in [1.82, 2.24) is 0 Å². The molecule has 0 spiro atoms. The highest BCUT2D eigenvalue weighted by Gasteiger charge is 2.19. The molecule has 0 aromatic heterocycles. The molecule has 0 aliphatic rings. The van der Waals surface area contributed by atoms with E-state index in [1.54, 1.807) is 30.3 Å². The normalized spacial score (nSPS) is 11.5. The van der Waals surface area contributed by atoms with Crippen LogP contribution in [0, 0.1) is 0 Å². The van der Waals surface area contributed by atoms with Gasteiger partial charge in [-0.15, -0.1) is 0 Å². The number of ether oxygens (including phenoxy) is 3. The largest absolute Gasteiger partial charge is 0.477 e. The Kier molecular flexibility index (Phi) is 7.93. The molecule has 0 aliphatic heterocycles. The Balaban J connectivity index is 1.55. The van der Waals surface area contributed by atoms with Crippen LogP contribution in [0.4, 0.5) is 0 Å². The molecule has 5 nitrogen and oxygen atoms in total. The summed E-state index contributed by atoms with van der Waals surface area (Å²) in [5.74, 6) is -0.613. The molecule has 3 aromatic carbocycles. The summed E-state index contributed by atoms with van der Waals surface area (Å²) < 4.78 is 16.2. The lowest BCUT2D eigenvalue weighted by Gasteiger charge is -2.15. The Morgan fingerprint density at radius 3 is 2.45 bits per heavy atom. The van der Waals surface area contributed by atoms with Gasteiger partial charge in [0.05, 0.1) is 17.2 Å². The Labute approximate surface area is 190 Å². The summed E-state index contributed by atoms with van der Waals surface area (Å²) in [5.41, 5.74) is 1.36. The van der Waals surface area contributed by atoms with Crippen molar-refractivity contribution in [3.8, 4) is 11.5 Å². The van der Waals surface area contributed by atoms with Crippen LogP contribution in [0.3, 0.4) is 0 Å². The predicted octanol–water partition coefficient (Wildman–Crippen LogP) is 5.77. The maximum atomic E-state index is 12.4. The molecule has 160 valence electrons. The van der Waals surface area contributed by atoms with Gasteiger partial charge in [-0.2, -0.15) is 0 Å². The van der Waals surface area contributed by atoms with Crippen molar-refractivity contribution >= 4 is 35.1 Å². The van der Waals surface area contributed by atoms with Crippen LogP contribution in [-0.2, 0) is 16.0 Å². The Hall–Kier alpha value is -3.02. The van der Waals surface area contributed by atoms with E-state index in [-0.39, 0.29) is 22.9 Å². The van der Waals surface area contributed by atoms with Crippen molar-refractivity contribution in [2.24, 2.45) is 0 Å². The second kappa shape index (κ2) is 10.8. The summed E-state index contributed by atoms with van der Waals surface area (Å²) in [6.07, 6.45) is -0.316. The second-order valence-corrected chi connectivity index (χ2v) is 7.50. The summed E-state index contributed by atoms with van der Waals surface area (Å²) in [6, 6.07) is 20.6. The lowest BCUT2D eigenvalue weighted by atomic mass is 10.2. The molecule has 0 radical (unpaired) electrons. The van der Waals surface area contributed by atoms with Crippen LogP contribution in [0.5, 0.6) is 11.5 Å². The SMILES string of the molecule is CC(Oc1ccc(Cl)cc1Cl)C(=O)Oc1cccc(C(=O)OCCc2ccccc2)c1. The molecule has 0 fully saturated rings. The van der Waals surface area contributed by atoms with Gasteiger partial charge >= 0.3 is 11.9 Å². The molecule has 31 heavy (non-hydrogen) atoms. The van der Waals surface area contributed by atoms with Crippen LogP contribution in [0.15, 0.2) is 72.8 Å². The molecule has 0 saturated heterocycles. The van der Waals surface area contributed by atoms with Gasteiger partial charge in [0.1, 0.15) is 11.5 Å². The Bertz CT molecular complexity index is 1050. The summed E-state index contributed by atoms with van der Waals surface area (Å²) in [5, 5.41) is 0.743. The lowest BCUT2D eigenvalue weighted by Crippen LogP contribution is -2.28. The van der Waals surface area contributed by atoms with Crippen LogP contribution >= 0.6 is 23.2 Å². The van der Waals surface area contributed by atoms with Gasteiger partial charge in [-0.05, 0) is 48.9 Å². The maximum Gasteiger partial charge on any atom is 0.352 e. The van der Waals surface area contributed by atoms with Gasteiger partial charge in [0.2, 0.25) is 0 Å². The van der Waals surface area contributed by atoms with Gasteiger partial charge in [-0.3, -0.25) is 0 Å². The molecule has 0 N–H and O–H groups in total. The minimum absolute atomic E-state index is 0.208. The highest BCUT2D eigenvalue weighted by Crippen LogP contribution is 2.28. The molecule has 3 aromatic rings. The first-order valence-corrected chi connectivity index (χ1v) is 10.3. The lowest BCUT2D eigenvalue weighted by molar-refractivity contribution is -0.141. The standard InChI is InChI=1S/C24H20Cl2O5/c1-16(30-22-11-10-19(25)15-21(22)26)23(27)31-20-9-5-8-18(14-20)24(28)29-13-12-17-6-3-2-4-7-17/h2-11,14-16H,12-13H2,1H3. The average molecular weight is 459 g/mol. The fourth-order valence-electron chi connectivity index (χ4n) is 2.68. The van der Waals surface area contributed by atoms with Crippen LogP contribution in [0.25, 0.3) is 0 Å². The number of carbonyl (C=O) groups is 2. The van der Waals surface area contributed by atoms with Gasteiger partial charge in [0.15, 0.2) is 6.10 Å². The molecule has 0 saturated carbocycles. The predicted molar refractivity (Wildman–Crippen MR) is 119 cm³/mol. The zero-order valence-electron chi connectivity index (χ0n) is 16.7. The molecular formula is C24H20Cl2O5. The van der Waals surface area contributed by atoms with Crippen molar-refractivity contribution in [1.29, 1.82) is 0 Å². The maximum absolute atomic E-state index is 12.4. The van der Waals surface area contributed by atoms with E-state index < -0.39 is 18.0 Å². The number of esters is 2. The second-order valence-electron chi connectivity index (χ2n) is 6.66. The van der Waals surface area contributed by atoms with Gasteiger partial charge in [0, 0.05) is 11.4 Å². The number of rotatable bonds is 8. The molecule has 1 atom stereocenters. The van der Waals surface area contributed by atoms with E-state index in [0.717, 1.165) is 5.56 Å². The van der Waals surface area contributed by atoms with E-state index in [0.29, 0.717) is 17.2 Å². The van der Waals surface area contributed by atoms with E-state index >= 15 is 0 Å². The van der Waals surface area contributed by atoms with E-state index in [4.69, 9.17) is 37.4 Å². The van der Waals surface area contributed by atoms with E-state index in [2.05, 4.69) is 0 Å². The fraction of sp³-hybridized carbons (Fsp3) is 0.167. The van der Waals surface area contributed by atoms with Gasteiger partial charge < -0.3 is 14.2 Å². The molecule has 0 amide bonds. The Morgan fingerprint density at radius 1 is 0.935 bits per heavy atom. The number of carbonyl (C=O) groups excluding carboxylic acids is 2. The van der Waals surface area contributed by atoms with Crippen LogP contribution in [0.2, 0.25) is 10.0 Å². The minimum atomic E-state index is -0.930. The molecule has 0 aliphatic carbocycles. The highest BCUT2D eigenvalue weighted by molar-refractivity contribution is 6.35. The number of hydrogen-bond acceptors (Lipinski definition) is 5. The molecule has 0 heterocycles. The zero-order valence-corrected chi connectivity index (χ0v) is 18.2. The van der Waals surface area contributed by atoms with Crippen LogP contribution in [0.1, 0.15) is 22.8 Å². The zero-order chi connectivity index (χ0) is 22.2. The monoisotopic (exact) mass is 458 g/mol. The molecule has 1 unspecified atom stereocenters. The molecular weight excluding hydrogens is 439 g/mol. The molecule has 0 bridgehead atoms. The van der Waals surface area contributed by atoms with E-state index in [1.807, 2.05) is 30.3 Å². The number of halogens is 2. The minimum Gasteiger partial charge on any atom is -0.477 e. The fourth-order valence-corrected chi connectivity index (χ4v) is 3.14. The summed E-state index contributed by atoms with van der Waals surface area (Å²) in [7, 11) is 0. The number of benzene rings is 3. The first-order chi connectivity index (χ1) is 14.9. The number of hydrogen-bond donors (Lipinski definition) is 0. The highest BCUT2D eigenvalue weighted by atomic mass is 35.5. The third kappa shape index (κ3) is 6.74. The Morgan fingerprint density at radius 2 is 1.71 bits per heavy atom. The first kappa shape index (κ1) is 22.7. The van der Waals surface area contributed by atoms with E-state index in [1.165, 1.54) is 19.1 Å². The van der Waals surface area contributed by atoms with Crippen LogP contribution in [-0.4, -0.2) is 24.6 Å². The van der Waals surface area contributed by atoms with Crippen molar-refractivity contribution < 1.29 is 23.8 Å². The average Bonchev–Trinajstić information content (AvgIpc) is 2.76.